The largest absolute Gasteiger partial charge is 0.481 e. The molecule has 0 aromatic carbocycles. The third-order valence-electron chi connectivity index (χ3n) is 11.2. The summed E-state index contributed by atoms with van der Waals surface area (Å²) < 4.78 is 46.2. The van der Waals surface area contributed by atoms with Crippen LogP contribution in [0, 0.1) is 10.8 Å². The molecule has 0 amide bonds. The SMILES string of the molecule is C/C=C/[C@H](OC(=O)CCC(=O)O)C(C)(C)[C@@H]1C\C=C/C=C\C=C\[C@H](OC)Cc2nc(co2)C(=O)O[C@H](C(C)(C)[C@H](/C=C/C)OC(=O)CCC(=O)O)C/C=C\[C@H]2O[C@H]2/C=C/C=C\c2nc(co2)C(=O)O1. The number of rotatable bonds is 15. The van der Waals surface area contributed by atoms with Crippen LogP contribution in [0.1, 0.15) is 113 Å². The van der Waals surface area contributed by atoms with Gasteiger partial charge in [0.15, 0.2) is 17.3 Å². The number of nitrogens with zero attached hydrogens (tertiary/aromatic N) is 2. The maximum absolute atomic E-state index is 13.7. The highest BCUT2D eigenvalue weighted by molar-refractivity contribution is 5.87. The van der Waals surface area contributed by atoms with Gasteiger partial charge in [-0.1, -0.05) is 107 Å². The highest BCUT2D eigenvalue weighted by Gasteiger charge is 2.43. The molecule has 0 saturated carbocycles. The van der Waals surface area contributed by atoms with Gasteiger partial charge in [-0.2, -0.15) is 0 Å². The first kappa shape index (κ1) is 54.7. The predicted octanol–water partition coefficient (Wildman–Crippen LogP) is 8.08. The lowest BCUT2D eigenvalue weighted by molar-refractivity contribution is -0.158. The van der Waals surface area contributed by atoms with E-state index in [0.29, 0.717) is 0 Å². The summed E-state index contributed by atoms with van der Waals surface area (Å²) >= 11 is 0. The van der Waals surface area contributed by atoms with Crippen LogP contribution in [0.2, 0.25) is 0 Å². The van der Waals surface area contributed by atoms with Crippen LogP contribution in [-0.4, -0.2) is 106 Å². The third-order valence-corrected chi connectivity index (χ3v) is 11.2. The second kappa shape index (κ2) is 26.6. The van der Waals surface area contributed by atoms with Crippen LogP contribution in [0.15, 0.2) is 113 Å². The van der Waals surface area contributed by atoms with Gasteiger partial charge in [-0.15, -0.1) is 0 Å². The summed E-state index contributed by atoms with van der Waals surface area (Å²) in [6.07, 6.45) is 24.2. The number of epoxide rings is 1. The van der Waals surface area contributed by atoms with Crippen LogP contribution in [0.3, 0.4) is 0 Å². The minimum absolute atomic E-state index is 0.0929. The van der Waals surface area contributed by atoms with Crippen molar-refractivity contribution >= 4 is 41.9 Å². The van der Waals surface area contributed by atoms with Crippen molar-refractivity contribution in [3.63, 3.8) is 0 Å². The summed E-state index contributed by atoms with van der Waals surface area (Å²) in [5.41, 5.74) is -2.25. The Kier molecular flexibility index (Phi) is 21.1. The number of hydrogen-bond donors (Lipinski definition) is 2. The van der Waals surface area contributed by atoms with Crippen molar-refractivity contribution in [2.45, 2.75) is 129 Å². The molecule has 4 heterocycles. The Morgan fingerprint density at radius 2 is 1.22 bits per heavy atom. The second-order valence-electron chi connectivity index (χ2n) is 17.2. The van der Waals surface area contributed by atoms with E-state index in [-0.39, 0.29) is 67.5 Å². The fraction of sp³-hybridized carbons (Fsp3) is 0.451. The Labute approximate surface area is 401 Å². The number of aliphatic carboxylic acids is 2. The van der Waals surface area contributed by atoms with Crippen LogP contribution >= 0.6 is 0 Å². The minimum atomic E-state index is -1.14. The summed E-state index contributed by atoms with van der Waals surface area (Å²) in [5.74, 6) is -4.96. The van der Waals surface area contributed by atoms with Gasteiger partial charge in [0.2, 0.25) is 5.89 Å². The molecular weight excluding hydrogens is 897 g/mol. The summed E-state index contributed by atoms with van der Waals surface area (Å²) in [7, 11) is 1.51. The van der Waals surface area contributed by atoms with E-state index in [1.165, 1.54) is 19.6 Å². The smallest absolute Gasteiger partial charge is 0.360 e. The molecule has 2 aliphatic heterocycles. The van der Waals surface area contributed by atoms with Gasteiger partial charge in [-0.3, -0.25) is 19.2 Å². The first-order valence-electron chi connectivity index (χ1n) is 22.5. The van der Waals surface area contributed by atoms with E-state index < -0.39 is 90.0 Å². The zero-order valence-corrected chi connectivity index (χ0v) is 39.9. The van der Waals surface area contributed by atoms with Crippen molar-refractivity contribution in [1.82, 2.24) is 9.97 Å². The summed E-state index contributed by atoms with van der Waals surface area (Å²) in [5, 5.41) is 18.2. The Morgan fingerprint density at radius 1 is 0.696 bits per heavy atom. The topological polar surface area (TPSA) is 254 Å². The minimum Gasteiger partial charge on any atom is -0.481 e. The van der Waals surface area contributed by atoms with Crippen LogP contribution in [-0.2, 0) is 54.0 Å². The highest BCUT2D eigenvalue weighted by atomic mass is 16.6. The molecule has 1 saturated heterocycles. The molecule has 372 valence electrons. The fourth-order valence-electron chi connectivity index (χ4n) is 6.85. The van der Waals surface area contributed by atoms with Crippen molar-refractivity contribution in [2.75, 3.05) is 7.11 Å². The van der Waals surface area contributed by atoms with Gasteiger partial charge in [0.05, 0.1) is 38.2 Å². The van der Waals surface area contributed by atoms with Gasteiger partial charge in [-0.25, -0.2) is 19.6 Å². The quantitative estimate of drug-likeness (QED) is 0.0740. The number of esters is 4. The maximum atomic E-state index is 13.7. The molecule has 2 aromatic rings. The number of carboxylic acids is 2. The molecule has 2 N–H and O–H groups in total. The molecule has 1 fully saturated rings. The molecule has 0 aliphatic carbocycles. The molecule has 7 atom stereocenters. The number of cyclic esters (lactones) is 2. The van der Waals surface area contributed by atoms with Gasteiger partial charge in [0.1, 0.15) is 49.2 Å². The van der Waals surface area contributed by atoms with Crippen molar-refractivity contribution in [1.29, 1.82) is 0 Å². The number of carbonyl (C=O) groups is 6. The standard InChI is InChI=1S/C51H62N2O16/c1-8-18-38(66-46(58)28-26-44(54)55)50(3,4)40-23-14-12-10-11-13-20-33(62-7)30-43-53-35(32-64-43)49(61)69-41(51(5,6)39(19-9-2)67-47(59)29-27-45(56)57)24-17-22-37-36(65-37)21-15-16-25-42-52-34(31-63-42)48(60)68-40/h8-22,25,31-33,36-41H,23-24,26-30H2,1-7H3,(H,54,55)(H,56,57)/b11-10-,14-12-,18-8+,19-9+,20-13+,21-15+,22-17-,25-16-/t33-,36-,37+,38-,39-,40-,41-/m0/s1. The monoisotopic (exact) mass is 958 g/mol. The number of carbonyl (C=O) groups excluding carboxylic acids is 4. The number of ether oxygens (including phenoxy) is 6. The molecule has 69 heavy (non-hydrogen) atoms. The molecule has 0 radical (unpaired) electrons. The van der Waals surface area contributed by atoms with Crippen molar-refractivity contribution in [3.05, 3.63) is 127 Å². The van der Waals surface area contributed by atoms with Gasteiger partial charge >= 0.3 is 35.8 Å². The van der Waals surface area contributed by atoms with E-state index >= 15 is 0 Å². The van der Waals surface area contributed by atoms with Gasteiger partial charge in [0, 0.05) is 36.9 Å². The summed E-state index contributed by atoms with van der Waals surface area (Å²) in [4.78, 5) is 83.6. The van der Waals surface area contributed by atoms with Crippen LogP contribution < -0.4 is 0 Å². The van der Waals surface area contributed by atoms with Gasteiger partial charge in [0.25, 0.3) is 0 Å². The molecule has 4 rings (SSSR count). The molecule has 2 aliphatic rings. The second-order valence-corrected chi connectivity index (χ2v) is 17.2. The number of hydrogen-bond acceptors (Lipinski definition) is 16. The number of fused-ring (bicyclic) bond motifs is 5. The van der Waals surface area contributed by atoms with E-state index in [2.05, 4.69) is 9.97 Å². The zero-order chi connectivity index (χ0) is 50.6. The van der Waals surface area contributed by atoms with Crippen LogP contribution in [0.5, 0.6) is 0 Å². The summed E-state index contributed by atoms with van der Waals surface area (Å²) in [6, 6.07) is 0. The fourth-order valence-corrected chi connectivity index (χ4v) is 6.85. The Morgan fingerprint density at radius 3 is 1.78 bits per heavy atom. The lowest BCUT2D eigenvalue weighted by atomic mass is 9.78. The van der Waals surface area contributed by atoms with E-state index in [9.17, 15) is 28.8 Å². The van der Waals surface area contributed by atoms with E-state index in [1.807, 2.05) is 6.08 Å². The average molecular weight is 959 g/mol. The molecule has 0 spiro atoms. The summed E-state index contributed by atoms with van der Waals surface area (Å²) in [6.45, 7) is 10.6. The Bertz CT molecular complexity index is 2320. The first-order valence-corrected chi connectivity index (χ1v) is 22.5. The Balaban J connectivity index is 1.62. The number of aromatic nitrogens is 2. The van der Waals surface area contributed by atoms with Crippen molar-refractivity contribution in [2.24, 2.45) is 10.8 Å². The molecule has 4 bridgehead atoms. The van der Waals surface area contributed by atoms with E-state index in [4.69, 9.17) is 47.5 Å². The normalized spacial score (nSPS) is 24.6. The maximum Gasteiger partial charge on any atom is 0.360 e. The number of methoxy groups -OCH3 is 1. The zero-order valence-electron chi connectivity index (χ0n) is 39.9. The predicted molar refractivity (Wildman–Crippen MR) is 249 cm³/mol. The van der Waals surface area contributed by atoms with E-state index in [0.717, 1.165) is 0 Å². The van der Waals surface area contributed by atoms with Crippen molar-refractivity contribution < 1.29 is 76.2 Å². The third kappa shape index (κ3) is 17.6. The number of carboxylic acid groups (broad SMARTS) is 2. The number of oxazole rings is 2. The van der Waals surface area contributed by atoms with Crippen LogP contribution in [0.4, 0.5) is 0 Å². The first-order chi connectivity index (χ1) is 32.9. The molecule has 18 heteroatoms. The van der Waals surface area contributed by atoms with Crippen molar-refractivity contribution in [3.8, 4) is 0 Å². The average Bonchev–Trinajstić information content (AvgIpc) is 3.60. The molecule has 2 aromatic heterocycles. The lowest BCUT2D eigenvalue weighted by Crippen LogP contribution is -2.44. The number of allylic oxidation sites excluding steroid dienone is 8. The van der Waals surface area contributed by atoms with E-state index in [1.54, 1.807) is 133 Å². The molecule has 0 unspecified atom stereocenters. The Hall–Kier alpha value is -6.92. The van der Waals surface area contributed by atoms with Gasteiger partial charge < -0.3 is 47.5 Å². The molecular formula is C51H62N2O16. The van der Waals surface area contributed by atoms with Gasteiger partial charge in [-0.05, 0) is 26.0 Å². The molecule has 18 nitrogen and oxygen atoms in total. The lowest BCUT2D eigenvalue weighted by Gasteiger charge is -2.38. The van der Waals surface area contributed by atoms with Crippen LogP contribution in [0.25, 0.3) is 6.08 Å². The highest BCUT2D eigenvalue weighted by Crippen LogP contribution is 2.36.